The highest BCUT2D eigenvalue weighted by Crippen LogP contribution is 2.44. The van der Waals surface area contributed by atoms with Crippen LogP contribution in [0.5, 0.6) is 0 Å². The first-order chi connectivity index (χ1) is 15.0. The maximum Gasteiger partial charge on any atom is 0.196 e. The zero-order valence-corrected chi connectivity index (χ0v) is 19.1. The maximum atomic E-state index is 13.3. The predicted octanol–water partition coefficient (Wildman–Crippen LogP) is 2.68. The molecule has 2 aliphatic heterocycles. The molecular weight excluding hydrogens is 414 g/mol. The molecule has 7 nitrogen and oxygen atoms in total. The van der Waals surface area contributed by atoms with Gasteiger partial charge < -0.3 is 14.4 Å². The van der Waals surface area contributed by atoms with E-state index in [0.717, 1.165) is 45.0 Å². The fraction of sp³-hybridized carbons (Fsp3) is 0.522. The van der Waals surface area contributed by atoms with Crippen LogP contribution in [0.15, 0.2) is 53.6 Å². The van der Waals surface area contributed by atoms with Gasteiger partial charge >= 0.3 is 0 Å². The first-order valence-electron chi connectivity index (χ1n) is 10.8. The minimum atomic E-state index is -3.42. The Morgan fingerprint density at radius 3 is 2.42 bits per heavy atom. The third-order valence-electron chi connectivity index (χ3n) is 6.54. The molecule has 1 aromatic carbocycles. The highest BCUT2D eigenvalue weighted by atomic mass is 32.2. The average molecular weight is 446 g/mol. The number of aromatic nitrogens is 1. The average Bonchev–Trinajstić information content (AvgIpc) is 2.82. The number of ether oxygens (including phenoxy) is 2. The number of nitrogens with zero attached hydrogens (tertiary/aromatic N) is 3. The second kappa shape index (κ2) is 9.24. The highest BCUT2D eigenvalue weighted by molar-refractivity contribution is 7.92. The van der Waals surface area contributed by atoms with Crippen molar-refractivity contribution in [2.75, 3.05) is 51.8 Å². The minimum Gasteiger partial charge on any atom is -0.354 e. The molecule has 31 heavy (non-hydrogen) atoms. The summed E-state index contributed by atoms with van der Waals surface area (Å²) in [5.74, 6) is 0.00513. The lowest BCUT2D eigenvalue weighted by molar-refractivity contribution is -0.223. The summed E-state index contributed by atoms with van der Waals surface area (Å²) >= 11 is 0. The van der Waals surface area contributed by atoms with Gasteiger partial charge in [0.2, 0.25) is 0 Å². The van der Waals surface area contributed by atoms with Crippen molar-refractivity contribution in [2.45, 2.75) is 35.2 Å². The van der Waals surface area contributed by atoms with E-state index in [9.17, 15) is 8.42 Å². The molecule has 1 atom stereocenters. The molecule has 1 aromatic heterocycles. The van der Waals surface area contributed by atoms with E-state index in [0.29, 0.717) is 23.3 Å². The largest absolute Gasteiger partial charge is 0.354 e. The second-order valence-electron chi connectivity index (χ2n) is 8.19. The van der Waals surface area contributed by atoms with Crippen molar-refractivity contribution in [1.82, 2.24) is 9.88 Å². The zero-order valence-electron chi connectivity index (χ0n) is 18.2. The second-order valence-corrected chi connectivity index (χ2v) is 10.4. The van der Waals surface area contributed by atoms with E-state index in [1.807, 2.05) is 30.5 Å². The van der Waals surface area contributed by atoms with Crippen LogP contribution in [-0.4, -0.2) is 70.5 Å². The number of sulfone groups is 1. The lowest BCUT2D eigenvalue weighted by Crippen LogP contribution is -2.47. The SMILES string of the molecule is COC1(OC)CC(CCCN2CCN(c3ccccn3)CC2)S(=O)(=O)c2ccccc21. The highest BCUT2D eigenvalue weighted by Gasteiger charge is 2.48. The van der Waals surface area contributed by atoms with Gasteiger partial charge in [0.05, 0.1) is 10.1 Å². The van der Waals surface area contributed by atoms with E-state index in [1.165, 1.54) is 0 Å². The Morgan fingerprint density at radius 2 is 1.74 bits per heavy atom. The Balaban J connectivity index is 1.37. The van der Waals surface area contributed by atoms with Crippen LogP contribution in [0.4, 0.5) is 5.82 Å². The maximum absolute atomic E-state index is 13.3. The number of benzene rings is 1. The van der Waals surface area contributed by atoms with Crippen molar-refractivity contribution < 1.29 is 17.9 Å². The fourth-order valence-corrected chi connectivity index (χ4v) is 6.81. The van der Waals surface area contributed by atoms with Crippen LogP contribution in [0.3, 0.4) is 0 Å². The van der Waals surface area contributed by atoms with Crippen LogP contribution in [0.2, 0.25) is 0 Å². The van der Waals surface area contributed by atoms with E-state index in [1.54, 1.807) is 32.4 Å². The number of pyridine rings is 1. The lowest BCUT2D eigenvalue weighted by Gasteiger charge is -2.40. The molecule has 0 radical (unpaired) electrons. The van der Waals surface area contributed by atoms with Gasteiger partial charge in [-0.05, 0) is 37.6 Å². The summed E-state index contributed by atoms with van der Waals surface area (Å²) in [6.45, 7) is 4.66. The Morgan fingerprint density at radius 1 is 1.03 bits per heavy atom. The number of hydrogen-bond acceptors (Lipinski definition) is 7. The Kier molecular flexibility index (Phi) is 6.62. The summed E-state index contributed by atoms with van der Waals surface area (Å²) < 4.78 is 38.0. The van der Waals surface area contributed by atoms with Gasteiger partial charge in [-0.1, -0.05) is 24.3 Å². The minimum absolute atomic E-state index is 0.312. The first kappa shape index (κ1) is 22.2. The number of hydrogen-bond donors (Lipinski definition) is 0. The van der Waals surface area contributed by atoms with Crippen LogP contribution in [0.25, 0.3) is 0 Å². The topological polar surface area (TPSA) is 72.0 Å². The Hall–Kier alpha value is -2.00. The molecule has 3 heterocycles. The van der Waals surface area contributed by atoms with E-state index in [2.05, 4.69) is 14.8 Å². The van der Waals surface area contributed by atoms with Gasteiger partial charge in [0.1, 0.15) is 5.82 Å². The Labute approximate surface area is 184 Å². The van der Waals surface area contributed by atoms with Gasteiger partial charge in [-0.2, -0.15) is 0 Å². The molecule has 2 aromatic rings. The summed E-state index contributed by atoms with van der Waals surface area (Å²) in [4.78, 5) is 9.47. The van der Waals surface area contributed by atoms with E-state index in [-0.39, 0.29) is 0 Å². The number of methoxy groups -OCH3 is 2. The number of rotatable bonds is 7. The summed E-state index contributed by atoms with van der Waals surface area (Å²) in [6.07, 6.45) is 3.54. The molecular formula is C23H31N3O4S. The van der Waals surface area contributed by atoms with Gasteiger partial charge in [0, 0.05) is 58.6 Å². The van der Waals surface area contributed by atoms with E-state index in [4.69, 9.17) is 9.47 Å². The molecule has 0 spiro atoms. The number of piperazine rings is 1. The van der Waals surface area contributed by atoms with Gasteiger partial charge in [0.15, 0.2) is 15.6 Å². The van der Waals surface area contributed by atoms with Crippen LogP contribution < -0.4 is 4.90 Å². The molecule has 168 valence electrons. The molecule has 1 unspecified atom stereocenters. The third-order valence-corrected chi connectivity index (χ3v) is 8.79. The molecule has 1 saturated heterocycles. The van der Waals surface area contributed by atoms with Crippen molar-refractivity contribution in [3.63, 3.8) is 0 Å². The van der Waals surface area contributed by atoms with Gasteiger partial charge in [-0.3, -0.25) is 4.90 Å². The molecule has 2 aliphatic rings. The summed E-state index contributed by atoms with van der Waals surface area (Å²) in [5.41, 5.74) is 0.599. The van der Waals surface area contributed by atoms with Crippen molar-refractivity contribution in [3.8, 4) is 0 Å². The van der Waals surface area contributed by atoms with Crippen molar-refractivity contribution in [2.24, 2.45) is 0 Å². The molecule has 4 rings (SSSR count). The predicted molar refractivity (Wildman–Crippen MR) is 120 cm³/mol. The third kappa shape index (κ3) is 4.35. The van der Waals surface area contributed by atoms with Crippen LogP contribution >= 0.6 is 0 Å². The molecule has 0 aliphatic carbocycles. The number of anilines is 1. The quantitative estimate of drug-likeness (QED) is 0.607. The lowest BCUT2D eigenvalue weighted by atomic mass is 9.97. The van der Waals surface area contributed by atoms with E-state index < -0.39 is 20.9 Å². The molecule has 0 N–H and O–H groups in total. The molecule has 1 fully saturated rings. The van der Waals surface area contributed by atoms with Gasteiger partial charge in [-0.15, -0.1) is 0 Å². The van der Waals surface area contributed by atoms with Gasteiger partial charge in [-0.25, -0.2) is 13.4 Å². The normalized spacial score (nSPS) is 22.8. The number of fused-ring (bicyclic) bond motifs is 1. The molecule has 0 amide bonds. The van der Waals surface area contributed by atoms with E-state index >= 15 is 0 Å². The monoisotopic (exact) mass is 445 g/mol. The fourth-order valence-electron chi connectivity index (χ4n) is 4.74. The van der Waals surface area contributed by atoms with Crippen LogP contribution in [0.1, 0.15) is 24.8 Å². The van der Waals surface area contributed by atoms with Crippen LogP contribution in [-0.2, 0) is 25.1 Å². The summed E-state index contributed by atoms with van der Waals surface area (Å²) in [7, 11) is -0.257. The summed E-state index contributed by atoms with van der Waals surface area (Å²) in [5, 5.41) is -0.517. The summed E-state index contributed by atoms with van der Waals surface area (Å²) in [6, 6.07) is 13.0. The van der Waals surface area contributed by atoms with Gasteiger partial charge in [0.25, 0.3) is 0 Å². The first-order valence-corrected chi connectivity index (χ1v) is 12.4. The molecule has 0 saturated carbocycles. The van der Waals surface area contributed by atoms with Crippen LogP contribution in [0, 0.1) is 0 Å². The molecule has 8 heteroatoms. The smallest absolute Gasteiger partial charge is 0.196 e. The van der Waals surface area contributed by atoms with Crippen molar-refractivity contribution >= 4 is 15.7 Å². The van der Waals surface area contributed by atoms with Crippen molar-refractivity contribution in [1.29, 1.82) is 0 Å². The van der Waals surface area contributed by atoms with Crippen molar-refractivity contribution in [3.05, 3.63) is 54.2 Å². The zero-order chi connectivity index (χ0) is 21.9. The standard InChI is InChI=1S/C23H31N3O4S/c1-29-23(30-2)18-19(31(27,28)21-10-4-3-9-20(21)23)8-7-13-25-14-16-26(17-15-25)22-11-5-6-12-24-22/h3-6,9-12,19H,7-8,13-18H2,1-2H3. The Bertz CT molecular complexity index is 971. The molecule has 0 bridgehead atoms.